The highest BCUT2D eigenvalue weighted by Gasteiger charge is 2.24. The molecule has 6 nitrogen and oxygen atoms in total. The van der Waals surface area contributed by atoms with E-state index in [1.165, 1.54) is 18.7 Å². The summed E-state index contributed by atoms with van der Waals surface area (Å²) in [5.74, 6) is -0.750. The molecule has 0 aliphatic heterocycles. The number of carbonyl (C=O) groups excluding carboxylic acids is 2. The third kappa shape index (κ3) is 4.15. The van der Waals surface area contributed by atoms with Gasteiger partial charge in [0.25, 0.3) is 5.56 Å². The number of pyridine rings is 1. The number of esters is 1. The summed E-state index contributed by atoms with van der Waals surface area (Å²) in [6.45, 7) is 1.49. The summed E-state index contributed by atoms with van der Waals surface area (Å²) < 4.78 is 11.9. The van der Waals surface area contributed by atoms with Gasteiger partial charge in [0.2, 0.25) is 5.78 Å². The highest BCUT2D eigenvalue weighted by molar-refractivity contribution is 6.07. The van der Waals surface area contributed by atoms with Crippen molar-refractivity contribution < 1.29 is 19.1 Å². The van der Waals surface area contributed by atoms with Crippen molar-refractivity contribution in [3.05, 3.63) is 100.0 Å². The average molecular weight is 441 g/mol. The van der Waals surface area contributed by atoms with Crippen molar-refractivity contribution in [2.45, 2.75) is 6.92 Å². The Morgan fingerprint density at radius 2 is 1.52 bits per heavy atom. The third-order valence-corrected chi connectivity index (χ3v) is 5.58. The Labute approximate surface area is 191 Å². The second-order valence-electron chi connectivity index (χ2n) is 7.70. The van der Waals surface area contributed by atoms with Gasteiger partial charge < -0.3 is 14.0 Å². The molecule has 3 aromatic carbocycles. The van der Waals surface area contributed by atoms with Crippen LogP contribution in [0.4, 0.5) is 0 Å². The Hall–Kier alpha value is -4.19. The van der Waals surface area contributed by atoms with E-state index < -0.39 is 18.4 Å². The van der Waals surface area contributed by atoms with E-state index in [-0.39, 0.29) is 11.3 Å². The zero-order valence-corrected chi connectivity index (χ0v) is 18.6. The van der Waals surface area contributed by atoms with E-state index in [9.17, 15) is 14.4 Å². The van der Waals surface area contributed by atoms with Crippen LogP contribution in [0.3, 0.4) is 0 Å². The van der Waals surface area contributed by atoms with E-state index in [4.69, 9.17) is 9.47 Å². The van der Waals surface area contributed by atoms with Crippen LogP contribution < -0.4 is 10.3 Å². The van der Waals surface area contributed by atoms with E-state index in [0.717, 1.165) is 11.1 Å². The smallest absolute Gasteiger partial charge is 0.356 e. The predicted octanol–water partition coefficient (Wildman–Crippen LogP) is 4.56. The van der Waals surface area contributed by atoms with E-state index in [2.05, 4.69) is 0 Å². The van der Waals surface area contributed by atoms with Crippen LogP contribution in [-0.2, 0) is 11.8 Å². The maximum Gasteiger partial charge on any atom is 0.356 e. The molecule has 0 fully saturated rings. The lowest BCUT2D eigenvalue weighted by Gasteiger charge is -2.17. The number of ether oxygens (including phenoxy) is 2. The molecule has 0 aliphatic carbocycles. The molecule has 166 valence electrons. The highest BCUT2D eigenvalue weighted by Crippen LogP contribution is 2.31. The molecule has 0 N–H and O–H groups in total. The van der Waals surface area contributed by atoms with Crippen molar-refractivity contribution in [1.29, 1.82) is 0 Å². The van der Waals surface area contributed by atoms with Crippen LogP contribution >= 0.6 is 0 Å². The first-order chi connectivity index (χ1) is 15.9. The molecule has 4 aromatic rings. The molecule has 1 aromatic heterocycles. The number of hydrogen-bond acceptors (Lipinski definition) is 5. The number of benzene rings is 3. The van der Waals surface area contributed by atoms with Crippen molar-refractivity contribution in [2.24, 2.45) is 7.05 Å². The van der Waals surface area contributed by atoms with Crippen LogP contribution in [-0.4, -0.2) is 30.0 Å². The Morgan fingerprint density at radius 1 is 0.879 bits per heavy atom. The van der Waals surface area contributed by atoms with Crippen molar-refractivity contribution in [2.75, 3.05) is 13.7 Å². The fourth-order valence-corrected chi connectivity index (χ4v) is 3.87. The number of rotatable bonds is 6. The molecular formula is C27H23NO5. The van der Waals surface area contributed by atoms with Crippen LogP contribution in [0.15, 0.2) is 77.6 Å². The number of para-hydroxylation sites is 1. The first-order valence-electron chi connectivity index (χ1n) is 10.4. The van der Waals surface area contributed by atoms with E-state index in [1.54, 1.807) is 36.4 Å². The lowest BCUT2D eigenvalue weighted by Crippen LogP contribution is -2.27. The minimum Gasteiger partial charge on any atom is -0.496 e. The van der Waals surface area contributed by atoms with Gasteiger partial charge in [0, 0.05) is 18.0 Å². The van der Waals surface area contributed by atoms with Crippen LogP contribution in [0.1, 0.15) is 26.4 Å². The minimum atomic E-state index is -0.751. The van der Waals surface area contributed by atoms with Gasteiger partial charge in [0.15, 0.2) is 6.61 Å². The molecule has 0 aliphatic rings. The largest absolute Gasteiger partial charge is 0.496 e. The van der Waals surface area contributed by atoms with Crippen LogP contribution in [0.25, 0.3) is 21.9 Å². The lowest BCUT2D eigenvalue weighted by molar-refractivity contribution is 0.0464. The van der Waals surface area contributed by atoms with Crippen LogP contribution in [0, 0.1) is 6.92 Å². The van der Waals surface area contributed by atoms with E-state index in [1.807, 2.05) is 43.3 Å². The van der Waals surface area contributed by atoms with Crippen molar-refractivity contribution in [1.82, 2.24) is 4.57 Å². The molecule has 0 unspecified atom stereocenters. The summed E-state index contributed by atoms with van der Waals surface area (Å²) in [7, 11) is 3.00. The van der Waals surface area contributed by atoms with Gasteiger partial charge in [-0.2, -0.15) is 0 Å². The number of Topliss-reactive ketones (excluding diaryl/α,β-unsaturated/α-hetero) is 1. The van der Waals surface area contributed by atoms with Crippen molar-refractivity contribution >= 4 is 22.5 Å². The van der Waals surface area contributed by atoms with Crippen LogP contribution in [0.5, 0.6) is 5.75 Å². The molecule has 33 heavy (non-hydrogen) atoms. The van der Waals surface area contributed by atoms with Gasteiger partial charge in [-0.25, -0.2) is 4.79 Å². The third-order valence-electron chi connectivity index (χ3n) is 5.58. The molecule has 0 atom stereocenters. The average Bonchev–Trinajstić information content (AvgIpc) is 2.85. The van der Waals surface area contributed by atoms with Gasteiger partial charge in [-0.3, -0.25) is 9.59 Å². The van der Waals surface area contributed by atoms with Gasteiger partial charge in [-0.15, -0.1) is 0 Å². The van der Waals surface area contributed by atoms with E-state index >= 15 is 0 Å². The zero-order chi connectivity index (χ0) is 23.5. The summed E-state index contributed by atoms with van der Waals surface area (Å²) in [6.07, 6.45) is 0. The fraction of sp³-hybridized carbons (Fsp3) is 0.148. The van der Waals surface area contributed by atoms with Gasteiger partial charge in [-0.05, 0) is 36.1 Å². The normalized spacial score (nSPS) is 10.8. The maximum absolute atomic E-state index is 13.2. The van der Waals surface area contributed by atoms with E-state index in [0.29, 0.717) is 27.6 Å². The number of nitrogens with zero attached hydrogens (tertiary/aromatic N) is 1. The number of aryl methyl sites for hydroxylation is 1. The minimum absolute atomic E-state index is 0.0929. The quantitative estimate of drug-likeness (QED) is 0.324. The van der Waals surface area contributed by atoms with Gasteiger partial charge in [0.05, 0.1) is 12.7 Å². The number of methoxy groups -OCH3 is 1. The fourth-order valence-electron chi connectivity index (χ4n) is 3.87. The Morgan fingerprint density at radius 3 is 2.21 bits per heavy atom. The first kappa shape index (κ1) is 22.0. The van der Waals surface area contributed by atoms with Crippen molar-refractivity contribution in [3.63, 3.8) is 0 Å². The molecule has 0 saturated carbocycles. The van der Waals surface area contributed by atoms with Gasteiger partial charge >= 0.3 is 5.97 Å². The lowest BCUT2D eigenvalue weighted by atomic mass is 9.96. The van der Waals surface area contributed by atoms with Crippen LogP contribution in [0.2, 0.25) is 0 Å². The van der Waals surface area contributed by atoms with Gasteiger partial charge in [0.1, 0.15) is 11.4 Å². The number of aromatic nitrogens is 1. The monoisotopic (exact) mass is 441 g/mol. The number of ketones is 1. The Bertz CT molecular complexity index is 1420. The molecule has 0 bridgehead atoms. The highest BCUT2D eigenvalue weighted by atomic mass is 16.5. The van der Waals surface area contributed by atoms with Gasteiger partial charge in [-0.1, -0.05) is 60.2 Å². The summed E-state index contributed by atoms with van der Waals surface area (Å²) in [5.41, 5.74) is 2.52. The Kier molecular flexibility index (Phi) is 6.09. The van der Waals surface area contributed by atoms with Crippen molar-refractivity contribution in [3.8, 4) is 16.9 Å². The molecule has 1 heterocycles. The first-order valence-corrected chi connectivity index (χ1v) is 10.4. The molecule has 0 amide bonds. The Balaban J connectivity index is 1.78. The second kappa shape index (κ2) is 9.12. The molecule has 0 spiro atoms. The topological polar surface area (TPSA) is 74.6 Å². The maximum atomic E-state index is 13.2. The number of fused-ring (bicyclic) bond motifs is 1. The number of hydrogen-bond donors (Lipinski definition) is 0. The summed E-state index contributed by atoms with van der Waals surface area (Å²) in [5, 5.41) is 1.14. The summed E-state index contributed by atoms with van der Waals surface area (Å²) in [4.78, 5) is 38.9. The molecule has 0 radical (unpaired) electrons. The SMILES string of the molecule is COc1ccccc1C(=O)COC(=O)c1c(-c2ccc(C)cc2)c2ccccc2c(=O)n1C. The zero-order valence-electron chi connectivity index (χ0n) is 18.6. The molecule has 6 heteroatoms. The molecule has 0 saturated heterocycles. The standard InChI is InChI=1S/C27H23NO5/c1-17-12-14-18(15-13-17)24-19-8-4-5-9-20(19)26(30)28(2)25(24)27(31)33-16-22(29)21-10-6-7-11-23(21)32-3/h4-15H,16H2,1-3H3. The summed E-state index contributed by atoms with van der Waals surface area (Å²) >= 11 is 0. The number of carbonyl (C=O) groups is 2. The summed E-state index contributed by atoms with van der Waals surface area (Å²) in [6, 6.07) is 21.6. The second-order valence-corrected chi connectivity index (χ2v) is 7.70. The molecular weight excluding hydrogens is 418 g/mol. The molecule has 4 rings (SSSR count). The predicted molar refractivity (Wildman–Crippen MR) is 127 cm³/mol.